The lowest BCUT2D eigenvalue weighted by molar-refractivity contribution is 0.547. The number of anilines is 1. The summed E-state index contributed by atoms with van der Waals surface area (Å²) in [6.45, 7) is 5.09. The van der Waals surface area contributed by atoms with Crippen molar-refractivity contribution in [3.8, 4) is 0 Å². The Hall–Kier alpha value is -1.74. The largest absolute Gasteiger partial charge is 0.472 e. The number of fused-ring (bicyclic) bond motifs is 1. The van der Waals surface area contributed by atoms with Crippen LogP contribution in [-0.2, 0) is 13.1 Å². The Labute approximate surface area is 107 Å². The van der Waals surface area contributed by atoms with Crippen molar-refractivity contribution >= 4 is 5.69 Å². The van der Waals surface area contributed by atoms with E-state index in [-0.39, 0.29) is 0 Å². The molecule has 0 aliphatic carbocycles. The third kappa shape index (κ3) is 2.27. The summed E-state index contributed by atoms with van der Waals surface area (Å²) in [5.74, 6) is 0. The van der Waals surface area contributed by atoms with Crippen molar-refractivity contribution in [3.63, 3.8) is 0 Å². The normalized spacial score (nSPS) is 19.4. The first-order valence-corrected chi connectivity index (χ1v) is 6.40. The molecule has 1 aromatic carbocycles. The predicted octanol–water partition coefficient (Wildman–Crippen LogP) is 2.78. The molecule has 0 bridgehead atoms. The predicted molar refractivity (Wildman–Crippen MR) is 72.5 cm³/mol. The molecule has 2 heterocycles. The number of nitrogens with zero attached hydrogens (tertiary/aromatic N) is 1. The molecule has 1 unspecified atom stereocenters. The second-order valence-corrected chi connectivity index (χ2v) is 4.92. The fraction of sp³-hybridized carbons (Fsp3) is 0.333. The molecule has 0 saturated heterocycles. The minimum atomic E-state index is 0.490. The smallest absolute Gasteiger partial charge is 0.0952 e. The Kier molecular flexibility index (Phi) is 3.07. The van der Waals surface area contributed by atoms with E-state index in [1.54, 1.807) is 6.26 Å². The molecule has 3 nitrogen and oxygen atoms in total. The summed E-state index contributed by atoms with van der Waals surface area (Å²) in [6, 6.07) is 11.1. The van der Waals surface area contributed by atoms with Crippen molar-refractivity contribution in [2.45, 2.75) is 26.1 Å². The van der Waals surface area contributed by atoms with Gasteiger partial charge in [-0.05, 0) is 24.6 Å². The summed E-state index contributed by atoms with van der Waals surface area (Å²) < 4.78 is 5.16. The molecule has 0 fully saturated rings. The zero-order valence-electron chi connectivity index (χ0n) is 10.6. The highest BCUT2D eigenvalue weighted by atomic mass is 16.3. The molecule has 0 radical (unpaired) electrons. The van der Waals surface area contributed by atoms with Gasteiger partial charge in [0.05, 0.1) is 12.5 Å². The van der Waals surface area contributed by atoms with Crippen LogP contribution in [0.4, 0.5) is 5.69 Å². The van der Waals surface area contributed by atoms with Crippen LogP contribution in [-0.4, -0.2) is 12.6 Å². The molecule has 3 rings (SSSR count). The molecule has 1 aromatic heterocycles. The lowest BCUT2D eigenvalue weighted by Gasteiger charge is -2.25. The van der Waals surface area contributed by atoms with Crippen molar-refractivity contribution in [1.29, 1.82) is 0 Å². The minimum absolute atomic E-state index is 0.490. The van der Waals surface area contributed by atoms with Gasteiger partial charge in [0.2, 0.25) is 0 Å². The third-order valence-electron chi connectivity index (χ3n) is 3.42. The Morgan fingerprint density at radius 3 is 3.06 bits per heavy atom. The molecule has 0 saturated carbocycles. The van der Waals surface area contributed by atoms with Gasteiger partial charge in [0.1, 0.15) is 0 Å². The van der Waals surface area contributed by atoms with Crippen LogP contribution < -0.4 is 10.2 Å². The lowest BCUT2D eigenvalue weighted by Crippen LogP contribution is -2.35. The summed E-state index contributed by atoms with van der Waals surface area (Å²) in [5, 5.41) is 3.55. The van der Waals surface area contributed by atoms with Crippen LogP contribution in [0.2, 0.25) is 0 Å². The zero-order chi connectivity index (χ0) is 12.4. The average molecular weight is 242 g/mol. The van der Waals surface area contributed by atoms with Crippen molar-refractivity contribution in [2.24, 2.45) is 0 Å². The van der Waals surface area contributed by atoms with Gasteiger partial charge >= 0.3 is 0 Å². The number of hydrogen-bond acceptors (Lipinski definition) is 3. The number of hydrogen-bond donors (Lipinski definition) is 1. The molecule has 3 heteroatoms. The monoisotopic (exact) mass is 242 g/mol. The quantitative estimate of drug-likeness (QED) is 0.877. The van der Waals surface area contributed by atoms with E-state index in [0.717, 1.165) is 19.6 Å². The van der Waals surface area contributed by atoms with Crippen LogP contribution in [0.1, 0.15) is 18.1 Å². The Bertz CT molecular complexity index is 507. The zero-order valence-corrected chi connectivity index (χ0v) is 10.6. The Balaban J connectivity index is 1.91. The summed E-state index contributed by atoms with van der Waals surface area (Å²) >= 11 is 0. The lowest BCUT2D eigenvalue weighted by atomic mass is 10.1. The maximum atomic E-state index is 5.16. The van der Waals surface area contributed by atoms with Crippen LogP contribution >= 0.6 is 0 Å². The van der Waals surface area contributed by atoms with Crippen LogP contribution in [0.5, 0.6) is 0 Å². The molecule has 0 amide bonds. The van der Waals surface area contributed by atoms with Gasteiger partial charge in [-0.1, -0.05) is 18.2 Å². The van der Waals surface area contributed by atoms with E-state index in [1.165, 1.54) is 16.8 Å². The van der Waals surface area contributed by atoms with Gasteiger partial charge in [-0.3, -0.25) is 0 Å². The van der Waals surface area contributed by atoms with Gasteiger partial charge in [0, 0.05) is 36.9 Å². The van der Waals surface area contributed by atoms with Crippen molar-refractivity contribution in [3.05, 3.63) is 54.0 Å². The topological polar surface area (TPSA) is 28.4 Å². The maximum absolute atomic E-state index is 5.16. The van der Waals surface area contributed by atoms with Crippen LogP contribution in [0, 0.1) is 0 Å². The maximum Gasteiger partial charge on any atom is 0.0952 e. The first kappa shape index (κ1) is 11.4. The van der Waals surface area contributed by atoms with Crippen LogP contribution in [0.3, 0.4) is 0 Å². The van der Waals surface area contributed by atoms with Gasteiger partial charge < -0.3 is 14.6 Å². The summed E-state index contributed by atoms with van der Waals surface area (Å²) in [4.78, 5) is 2.42. The number of nitrogens with one attached hydrogen (secondary N) is 1. The first-order valence-electron chi connectivity index (χ1n) is 6.40. The Morgan fingerprint density at radius 2 is 2.22 bits per heavy atom. The number of furan rings is 1. The highest BCUT2D eigenvalue weighted by molar-refractivity contribution is 5.54. The second kappa shape index (κ2) is 4.86. The van der Waals surface area contributed by atoms with E-state index in [4.69, 9.17) is 4.42 Å². The molecule has 1 aliphatic heterocycles. The summed E-state index contributed by atoms with van der Waals surface area (Å²) in [6.07, 6.45) is 3.56. The third-order valence-corrected chi connectivity index (χ3v) is 3.42. The summed E-state index contributed by atoms with van der Waals surface area (Å²) in [5.41, 5.74) is 3.92. The highest BCUT2D eigenvalue weighted by Gasteiger charge is 2.18. The molecule has 1 aliphatic rings. The van der Waals surface area contributed by atoms with Gasteiger partial charge in [0.25, 0.3) is 0 Å². The van der Waals surface area contributed by atoms with E-state index < -0.39 is 0 Å². The molecular weight excluding hydrogens is 224 g/mol. The first-order chi connectivity index (χ1) is 8.83. The molecule has 1 atom stereocenters. The van der Waals surface area contributed by atoms with Crippen molar-refractivity contribution < 1.29 is 4.42 Å². The van der Waals surface area contributed by atoms with E-state index in [0.29, 0.717) is 6.04 Å². The van der Waals surface area contributed by atoms with E-state index in [2.05, 4.69) is 41.4 Å². The number of benzene rings is 1. The van der Waals surface area contributed by atoms with Gasteiger partial charge in [-0.25, -0.2) is 0 Å². The number of rotatable bonds is 2. The van der Waals surface area contributed by atoms with Crippen LogP contribution in [0.25, 0.3) is 0 Å². The standard InChI is InChI=1S/C15H18N2O/c1-12-9-17(10-13-6-7-18-11-13)15-5-3-2-4-14(15)8-16-12/h2-7,11-12,16H,8-10H2,1H3. The van der Waals surface area contributed by atoms with Gasteiger partial charge in [-0.15, -0.1) is 0 Å². The molecular formula is C15H18N2O. The fourth-order valence-corrected chi connectivity index (χ4v) is 2.50. The minimum Gasteiger partial charge on any atom is -0.472 e. The van der Waals surface area contributed by atoms with Gasteiger partial charge in [-0.2, -0.15) is 0 Å². The molecule has 18 heavy (non-hydrogen) atoms. The van der Waals surface area contributed by atoms with E-state index >= 15 is 0 Å². The van der Waals surface area contributed by atoms with Gasteiger partial charge in [0.15, 0.2) is 0 Å². The highest BCUT2D eigenvalue weighted by Crippen LogP contribution is 2.25. The fourth-order valence-electron chi connectivity index (χ4n) is 2.50. The second-order valence-electron chi connectivity index (χ2n) is 4.92. The SMILES string of the molecule is CC1CN(Cc2ccoc2)c2ccccc2CN1. The van der Waals surface area contributed by atoms with Crippen LogP contribution in [0.15, 0.2) is 47.3 Å². The van der Waals surface area contributed by atoms with E-state index in [9.17, 15) is 0 Å². The summed E-state index contributed by atoms with van der Waals surface area (Å²) in [7, 11) is 0. The molecule has 2 aromatic rings. The Morgan fingerprint density at radius 1 is 1.33 bits per heavy atom. The molecule has 1 N–H and O–H groups in total. The number of para-hydroxylation sites is 1. The van der Waals surface area contributed by atoms with Crippen molar-refractivity contribution in [2.75, 3.05) is 11.4 Å². The van der Waals surface area contributed by atoms with Crippen molar-refractivity contribution in [1.82, 2.24) is 5.32 Å². The average Bonchev–Trinajstić information content (AvgIpc) is 2.83. The van der Waals surface area contributed by atoms with E-state index in [1.807, 2.05) is 12.3 Å². The molecule has 94 valence electrons. The molecule has 0 spiro atoms.